The number of ether oxygens (including phenoxy) is 2. The highest BCUT2D eigenvalue weighted by Crippen LogP contribution is 2.29. The minimum absolute atomic E-state index is 0.0624. The molecule has 2 saturated heterocycles. The molecule has 4 heterocycles. The van der Waals surface area contributed by atoms with Gasteiger partial charge >= 0.3 is 0 Å². The third-order valence-electron chi connectivity index (χ3n) is 7.06. The molecule has 2 aliphatic rings. The lowest BCUT2D eigenvalue weighted by atomic mass is 9.92. The summed E-state index contributed by atoms with van der Waals surface area (Å²) in [7, 11) is 0. The minimum atomic E-state index is -0.297. The summed E-state index contributed by atoms with van der Waals surface area (Å²) in [4.78, 5) is 25.5. The van der Waals surface area contributed by atoms with E-state index in [1.165, 1.54) is 12.1 Å². The van der Waals surface area contributed by atoms with Crippen LogP contribution in [-0.2, 0) is 9.47 Å². The van der Waals surface area contributed by atoms with Gasteiger partial charge in [-0.2, -0.15) is 0 Å². The number of benzene rings is 1. The fourth-order valence-corrected chi connectivity index (χ4v) is 4.92. The first-order valence-corrected chi connectivity index (χ1v) is 12.4. The summed E-state index contributed by atoms with van der Waals surface area (Å²) in [6.45, 7) is 8.21. The zero-order valence-electron chi connectivity index (χ0n) is 20.1. The molecule has 2 aromatic heterocycles. The number of morpholine rings is 1. The van der Waals surface area contributed by atoms with Gasteiger partial charge in [0.2, 0.25) is 0 Å². The highest BCUT2D eigenvalue weighted by Gasteiger charge is 2.26. The molecule has 0 aliphatic carbocycles. The second-order valence-electron chi connectivity index (χ2n) is 9.25. The number of pyridine rings is 1. The van der Waals surface area contributed by atoms with Gasteiger partial charge in [0.15, 0.2) is 11.5 Å². The van der Waals surface area contributed by atoms with E-state index in [4.69, 9.17) is 14.5 Å². The van der Waals surface area contributed by atoms with E-state index in [-0.39, 0.29) is 17.4 Å². The molecule has 5 rings (SSSR count). The van der Waals surface area contributed by atoms with Gasteiger partial charge in [-0.05, 0) is 62.1 Å². The van der Waals surface area contributed by atoms with E-state index in [0.717, 1.165) is 51.3 Å². The zero-order chi connectivity index (χ0) is 24.2. The summed E-state index contributed by atoms with van der Waals surface area (Å²) in [5.41, 5.74) is 2.51. The molecule has 0 bridgehead atoms. The molecule has 0 saturated carbocycles. The van der Waals surface area contributed by atoms with E-state index in [1.807, 2.05) is 12.1 Å². The van der Waals surface area contributed by atoms with E-state index in [9.17, 15) is 9.18 Å². The first-order valence-electron chi connectivity index (χ1n) is 12.4. The van der Waals surface area contributed by atoms with Crippen molar-refractivity contribution in [3.05, 3.63) is 52.6 Å². The molecule has 35 heavy (non-hydrogen) atoms. The lowest BCUT2D eigenvalue weighted by Gasteiger charge is -2.30. The van der Waals surface area contributed by atoms with Crippen LogP contribution in [0.3, 0.4) is 0 Å². The van der Waals surface area contributed by atoms with Gasteiger partial charge in [0, 0.05) is 51.0 Å². The molecule has 8 nitrogen and oxygen atoms in total. The predicted molar refractivity (Wildman–Crippen MR) is 133 cm³/mol. The standard InChI is InChI=1S/C26H32FN5O3/c1-18(19-8-14-34-15-9-19)32-25-23(7-6-22(30-25)20-2-4-21(27)5-3-20)29-24(26(32)33)28-10-11-31-12-16-35-17-13-31/h2-7,18-19H,8-17H2,1H3,(H,28,29)/t18-/m0/s1. The summed E-state index contributed by atoms with van der Waals surface area (Å²) < 4.78 is 26.2. The van der Waals surface area contributed by atoms with Crippen LogP contribution in [0.15, 0.2) is 41.2 Å². The van der Waals surface area contributed by atoms with Crippen LogP contribution in [-0.4, -0.2) is 72.0 Å². The van der Waals surface area contributed by atoms with Gasteiger partial charge in [0.25, 0.3) is 5.56 Å². The maximum atomic E-state index is 13.7. The maximum Gasteiger partial charge on any atom is 0.295 e. The molecule has 2 aliphatic heterocycles. The number of aromatic nitrogens is 3. The van der Waals surface area contributed by atoms with Crippen LogP contribution in [0.5, 0.6) is 0 Å². The van der Waals surface area contributed by atoms with Crippen molar-refractivity contribution in [1.82, 2.24) is 19.4 Å². The largest absolute Gasteiger partial charge is 0.381 e. The van der Waals surface area contributed by atoms with E-state index >= 15 is 0 Å². The van der Waals surface area contributed by atoms with E-state index in [2.05, 4.69) is 22.1 Å². The predicted octanol–water partition coefficient (Wildman–Crippen LogP) is 3.33. The van der Waals surface area contributed by atoms with Crippen molar-refractivity contribution in [1.29, 1.82) is 0 Å². The van der Waals surface area contributed by atoms with Crippen molar-refractivity contribution in [2.45, 2.75) is 25.8 Å². The second kappa shape index (κ2) is 10.8. The molecule has 186 valence electrons. The fraction of sp³-hybridized carbons (Fsp3) is 0.500. The monoisotopic (exact) mass is 481 g/mol. The topological polar surface area (TPSA) is 81.5 Å². The quantitative estimate of drug-likeness (QED) is 0.554. The van der Waals surface area contributed by atoms with Gasteiger partial charge < -0.3 is 14.8 Å². The van der Waals surface area contributed by atoms with Gasteiger partial charge in [-0.1, -0.05) is 0 Å². The molecule has 0 unspecified atom stereocenters. The van der Waals surface area contributed by atoms with E-state index in [1.54, 1.807) is 16.7 Å². The number of hydrogen-bond donors (Lipinski definition) is 1. The SMILES string of the molecule is C[C@@H](C1CCOCC1)n1c(=O)c(NCCN2CCOCC2)nc2ccc(-c3ccc(F)cc3)nc21. The Morgan fingerprint density at radius 3 is 2.49 bits per heavy atom. The average molecular weight is 482 g/mol. The van der Waals surface area contributed by atoms with Crippen LogP contribution in [0.4, 0.5) is 10.2 Å². The maximum absolute atomic E-state index is 13.7. The van der Waals surface area contributed by atoms with Crippen LogP contribution in [0, 0.1) is 11.7 Å². The summed E-state index contributed by atoms with van der Waals surface area (Å²) in [5, 5.41) is 3.28. The number of halogens is 1. The van der Waals surface area contributed by atoms with Crippen molar-refractivity contribution in [2.24, 2.45) is 5.92 Å². The molecule has 0 radical (unpaired) electrons. The smallest absolute Gasteiger partial charge is 0.295 e. The number of anilines is 1. The van der Waals surface area contributed by atoms with Gasteiger partial charge in [0.05, 0.1) is 18.9 Å². The summed E-state index contributed by atoms with van der Waals surface area (Å²) in [5.74, 6) is 0.361. The first-order chi connectivity index (χ1) is 17.1. The second-order valence-corrected chi connectivity index (χ2v) is 9.25. The van der Waals surface area contributed by atoms with E-state index in [0.29, 0.717) is 48.4 Å². The Kier molecular flexibility index (Phi) is 7.36. The van der Waals surface area contributed by atoms with E-state index < -0.39 is 0 Å². The Bertz CT molecular complexity index is 1200. The molecule has 1 aromatic carbocycles. The fourth-order valence-electron chi connectivity index (χ4n) is 4.92. The molecule has 3 aromatic rings. The molecule has 2 fully saturated rings. The first kappa shape index (κ1) is 23.8. The van der Waals surface area contributed by atoms with Gasteiger partial charge in [0.1, 0.15) is 11.3 Å². The van der Waals surface area contributed by atoms with Crippen molar-refractivity contribution in [3.63, 3.8) is 0 Å². The Labute approximate surface area is 204 Å². The van der Waals surface area contributed by atoms with Gasteiger partial charge in [-0.3, -0.25) is 14.3 Å². The summed E-state index contributed by atoms with van der Waals surface area (Å²) in [6.07, 6.45) is 1.80. The van der Waals surface area contributed by atoms with Crippen molar-refractivity contribution >= 4 is 17.0 Å². The van der Waals surface area contributed by atoms with Crippen LogP contribution < -0.4 is 10.9 Å². The highest BCUT2D eigenvalue weighted by atomic mass is 19.1. The van der Waals surface area contributed by atoms with Crippen molar-refractivity contribution in [3.8, 4) is 11.3 Å². The lowest BCUT2D eigenvalue weighted by molar-refractivity contribution is 0.0398. The van der Waals surface area contributed by atoms with Crippen molar-refractivity contribution in [2.75, 3.05) is 57.9 Å². The normalized spacial score (nSPS) is 18.6. The van der Waals surface area contributed by atoms with Crippen LogP contribution in [0.25, 0.3) is 22.4 Å². The number of fused-ring (bicyclic) bond motifs is 1. The Morgan fingerprint density at radius 2 is 1.74 bits per heavy atom. The molecule has 1 atom stereocenters. The molecule has 1 N–H and O–H groups in total. The number of hydrogen-bond acceptors (Lipinski definition) is 7. The highest BCUT2D eigenvalue weighted by molar-refractivity contribution is 5.76. The molecular weight excluding hydrogens is 449 g/mol. The third kappa shape index (κ3) is 5.37. The number of nitrogens with one attached hydrogen (secondary N) is 1. The lowest BCUT2D eigenvalue weighted by Crippen LogP contribution is -2.39. The van der Waals surface area contributed by atoms with Crippen LogP contribution >= 0.6 is 0 Å². The third-order valence-corrected chi connectivity index (χ3v) is 7.06. The molecule has 0 spiro atoms. The number of nitrogens with zero attached hydrogens (tertiary/aromatic N) is 4. The zero-order valence-corrected chi connectivity index (χ0v) is 20.1. The summed E-state index contributed by atoms with van der Waals surface area (Å²) >= 11 is 0. The average Bonchev–Trinajstić information content (AvgIpc) is 2.90. The Hall–Kier alpha value is -2.88. The van der Waals surface area contributed by atoms with Gasteiger partial charge in [-0.15, -0.1) is 0 Å². The van der Waals surface area contributed by atoms with Crippen LogP contribution in [0.1, 0.15) is 25.8 Å². The molecule has 9 heteroatoms. The van der Waals surface area contributed by atoms with Crippen LogP contribution in [0.2, 0.25) is 0 Å². The Morgan fingerprint density at radius 1 is 1.03 bits per heavy atom. The number of rotatable bonds is 7. The van der Waals surface area contributed by atoms with Gasteiger partial charge in [-0.25, -0.2) is 14.4 Å². The summed E-state index contributed by atoms with van der Waals surface area (Å²) in [6, 6.07) is 9.92. The minimum Gasteiger partial charge on any atom is -0.381 e. The Balaban J connectivity index is 1.50. The van der Waals surface area contributed by atoms with Crippen molar-refractivity contribution < 1.29 is 13.9 Å². The molecule has 0 amide bonds. The molecular formula is C26H32FN5O3.